The van der Waals surface area contributed by atoms with Crippen LogP contribution >= 0.6 is 0 Å². The van der Waals surface area contributed by atoms with E-state index in [9.17, 15) is 14.0 Å². The lowest BCUT2D eigenvalue weighted by Crippen LogP contribution is -2.36. The number of hydrogen-bond donors (Lipinski definition) is 3. The molecule has 0 aliphatic carbocycles. The molecule has 1 unspecified atom stereocenters. The van der Waals surface area contributed by atoms with Crippen LogP contribution in [0.15, 0.2) is 18.2 Å². The molecule has 0 aliphatic rings. The van der Waals surface area contributed by atoms with Crippen molar-refractivity contribution < 1.29 is 23.8 Å². The maximum absolute atomic E-state index is 13.5. The van der Waals surface area contributed by atoms with Gasteiger partial charge in [-0.15, -0.1) is 0 Å². The molecule has 3 N–H and O–H groups in total. The summed E-state index contributed by atoms with van der Waals surface area (Å²) in [5.41, 5.74) is -0.282. The molecule has 1 aromatic rings. The molecule has 2 amide bonds. The number of carboxylic acids is 1. The first-order valence-electron chi connectivity index (χ1n) is 6.03. The quantitative estimate of drug-likeness (QED) is 0.746. The van der Waals surface area contributed by atoms with Crippen LogP contribution in [0.1, 0.15) is 23.7 Å². The molecule has 7 heteroatoms. The number of hydrogen-bond acceptors (Lipinski definition) is 3. The number of benzene rings is 1. The average molecular weight is 284 g/mol. The third-order valence-electron chi connectivity index (χ3n) is 2.59. The van der Waals surface area contributed by atoms with E-state index in [1.165, 1.54) is 0 Å². The van der Waals surface area contributed by atoms with Crippen LogP contribution in [0.3, 0.4) is 0 Å². The lowest BCUT2D eigenvalue weighted by Gasteiger charge is -2.14. The number of carbonyl (C=O) groups is 2. The van der Waals surface area contributed by atoms with Gasteiger partial charge in [-0.05, 0) is 31.5 Å². The molecule has 0 radical (unpaired) electrons. The van der Waals surface area contributed by atoms with Crippen molar-refractivity contribution in [3.05, 3.63) is 29.6 Å². The number of rotatable bonds is 6. The standard InChI is InChI=1S/C13H17FN2O4/c1-8(5-6-20-2)15-13(19)16-11-7-9(12(17)18)3-4-10(11)14/h3-4,7-8H,5-6H2,1-2H3,(H,17,18)(H2,15,16,19). The van der Waals surface area contributed by atoms with Crippen LogP contribution in [0.2, 0.25) is 0 Å². The summed E-state index contributed by atoms with van der Waals surface area (Å²) < 4.78 is 18.4. The Morgan fingerprint density at radius 3 is 2.75 bits per heavy atom. The van der Waals surface area contributed by atoms with Crippen LogP contribution in [-0.4, -0.2) is 36.9 Å². The fourth-order valence-electron chi connectivity index (χ4n) is 1.50. The molecule has 0 fully saturated rings. The Morgan fingerprint density at radius 1 is 1.45 bits per heavy atom. The van der Waals surface area contributed by atoms with E-state index < -0.39 is 17.8 Å². The Morgan fingerprint density at radius 2 is 2.15 bits per heavy atom. The number of halogens is 1. The van der Waals surface area contributed by atoms with Gasteiger partial charge in [0.25, 0.3) is 0 Å². The molecule has 0 saturated heterocycles. The van der Waals surface area contributed by atoms with E-state index in [1.807, 2.05) is 0 Å². The first kappa shape index (κ1) is 15.9. The molecule has 110 valence electrons. The molecule has 0 bridgehead atoms. The van der Waals surface area contributed by atoms with Gasteiger partial charge in [0.2, 0.25) is 0 Å². The van der Waals surface area contributed by atoms with Crippen LogP contribution in [0.25, 0.3) is 0 Å². The van der Waals surface area contributed by atoms with E-state index >= 15 is 0 Å². The molecule has 0 heterocycles. The summed E-state index contributed by atoms with van der Waals surface area (Å²) in [5, 5.41) is 13.7. The SMILES string of the molecule is COCCC(C)NC(=O)Nc1cc(C(=O)O)ccc1F. The van der Waals surface area contributed by atoms with Crippen molar-refractivity contribution in [2.24, 2.45) is 0 Å². The zero-order chi connectivity index (χ0) is 15.1. The minimum absolute atomic E-state index is 0.103. The summed E-state index contributed by atoms with van der Waals surface area (Å²) in [6.07, 6.45) is 0.613. The van der Waals surface area contributed by atoms with Gasteiger partial charge >= 0.3 is 12.0 Å². The fourth-order valence-corrected chi connectivity index (χ4v) is 1.50. The summed E-state index contributed by atoms with van der Waals surface area (Å²) in [7, 11) is 1.56. The van der Waals surface area contributed by atoms with Crippen LogP contribution in [0.4, 0.5) is 14.9 Å². The average Bonchev–Trinajstić information content (AvgIpc) is 2.38. The molecule has 6 nitrogen and oxygen atoms in total. The molecule has 0 aromatic heterocycles. The van der Waals surface area contributed by atoms with E-state index in [0.717, 1.165) is 18.2 Å². The number of urea groups is 1. The topological polar surface area (TPSA) is 87.7 Å². The Balaban J connectivity index is 2.65. The van der Waals surface area contributed by atoms with Gasteiger partial charge in [0, 0.05) is 19.8 Å². The normalized spacial score (nSPS) is 11.8. The smallest absolute Gasteiger partial charge is 0.335 e. The molecule has 20 heavy (non-hydrogen) atoms. The lowest BCUT2D eigenvalue weighted by molar-refractivity contribution is 0.0697. The van der Waals surface area contributed by atoms with Gasteiger partial charge in [0.1, 0.15) is 5.82 Å². The third-order valence-corrected chi connectivity index (χ3v) is 2.59. The molecule has 0 saturated carbocycles. The summed E-state index contributed by atoms with van der Waals surface area (Å²) in [6, 6.07) is 2.43. The van der Waals surface area contributed by atoms with Crippen molar-refractivity contribution in [1.29, 1.82) is 0 Å². The molecule has 0 aliphatic heterocycles. The van der Waals surface area contributed by atoms with E-state index in [2.05, 4.69) is 10.6 Å². The highest BCUT2D eigenvalue weighted by atomic mass is 19.1. The number of methoxy groups -OCH3 is 1. The van der Waals surface area contributed by atoms with E-state index in [0.29, 0.717) is 13.0 Å². The molecule has 1 atom stereocenters. The van der Waals surface area contributed by atoms with Gasteiger partial charge in [-0.2, -0.15) is 0 Å². The number of carboxylic acid groups (broad SMARTS) is 1. The summed E-state index contributed by atoms with van der Waals surface area (Å²) in [6.45, 7) is 2.27. The van der Waals surface area contributed by atoms with Gasteiger partial charge in [-0.25, -0.2) is 14.0 Å². The van der Waals surface area contributed by atoms with Gasteiger partial charge in [-0.1, -0.05) is 0 Å². The van der Waals surface area contributed by atoms with E-state index in [1.54, 1.807) is 14.0 Å². The van der Waals surface area contributed by atoms with Crippen molar-refractivity contribution in [1.82, 2.24) is 5.32 Å². The van der Waals surface area contributed by atoms with Gasteiger partial charge < -0.3 is 20.5 Å². The zero-order valence-corrected chi connectivity index (χ0v) is 11.3. The van der Waals surface area contributed by atoms with E-state index in [-0.39, 0.29) is 17.3 Å². The maximum atomic E-state index is 13.5. The Kier molecular flexibility index (Phi) is 5.92. The second-order valence-electron chi connectivity index (χ2n) is 4.28. The molecular formula is C13H17FN2O4. The molecule has 1 rings (SSSR count). The van der Waals surface area contributed by atoms with Crippen molar-refractivity contribution >= 4 is 17.7 Å². The minimum atomic E-state index is -1.19. The van der Waals surface area contributed by atoms with Crippen molar-refractivity contribution in [3.63, 3.8) is 0 Å². The Bertz CT molecular complexity index is 493. The number of anilines is 1. The summed E-state index contributed by atoms with van der Waals surface area (Å²) >= 11 is 0. The number of ether oxygens (including phenoxy) is 1. The first-order valence-corrected chi connectivity index (χ1v) is 6.03. The first-order chi connectivity index (χ1) is 9.43. The molecular weight excluding hydrogens is 267 g/mol. The van der Waals surface area contributed by atoms with Crippen LogP contribution in [0.5, 0.6) is 0 Å². The van der Waals surface area contributed by atoms with E-state index in [4.69, 9.17) is 9.84 Å². The van der Waals surface area contributed by atoms with Crippen LogP contribution in [-0.2, 0) is 4.74 Å². The highest BCUT2D eigenvalue weighted by molar-refractivity contribution is 5.93. The summed E-state index contributed by atoms with van der Waals surface area (Å²) in [5.74, 6) is -1.89. The van der Waals surface area contributed by atoms with Crippen molar-refractivity contribution in [2.75, 3.05) is 19.0 Å². The fraction of sp³-hybridized carbons (Fsp3) is 0.385. The third kappa shape index (κ3) is 4.85. The second-order valence-corrected chi connectivity index (χ2v) is 4.28. The lowest BCUT2D eigenvalue weighted by atomic mass is 10.2. The van der Waals surface area contributed by atoms with Crippen molar-refractivity contribution in [2.45, 2.75) is 19.4 Å². The minimum Gasteiger partial charge on any atom is -0.478 e. The van der Waals surface area contributed by atoms with Gasteiger partial charge in [0.15, 0.2) is 0 Å². The number of carbonyl (C=O) groups excluding carboxylic acids is 1. The van der Waals surface area contributed by atoms with Crippen LogP contribution < -0.4 is 10.6 Å². The highest BCUT2D eigenvalue weighted by Gasteiger charge is 2.12. The van der Waals surface area contributed by atoms with Gasteiger partial charge in [0.05, 0.1) is 11.3 Å². The predicted molar refractivity (Wildman–Crippen MR) is 71.5 cm³/mol. The number of aromatic carboxylic acids is 1. The highest BCUT2D eigenvalue weighted by Crippen LogP contribution is 2.16. The second kappa shape index (κ2) is 7.44. The summed E-state index contributed by atoms with van der Waals surface area (Å²) in [4.78, 5) is 22.4. The molecule has 1 aromatic carbocycles. The Hall–Kier alpha value is -2.15. The Labute approximate surface area is 115 Å². The van der Waals surface area contributed by atoms with Crippen LogP contribution in [0, 0.1) is 5.82 Å². The van der Waals surface area contributed by atoms with Gasteiger partial charge in [-0.3, -0.25) is 0 Å². The zero-order valence-electron chi connectivity index (χ0n) is 11.3. The number of amides is 2. The largest absolute Gasteiger partial charge is 0.478 e. The molecule has 0 spiro atoms. The van der Waals surface area contributed by atoms with Crippen molar-refractivity contribution in [3.8, 4) is 0 Å². The number of nitrogens with one attached hydrogen (secondary N) is 2. The predicted octanol–water partition coefficient (Wildman–Crippen LogP) is 2.07. The monoisotopic (exact) mass is 284 g/mol. The maximum Gasteiger partial charge on any atom is 0.335 e.